The fraction of sp³-hybridized carbons (Fsp3) is 0.318. The Morgan fingerprint density at radius 3 is 2.50 bits per heavy atom. The lowest BCUT2D eigenvalue weighted by molar-refractivity contribution is -0.385. The molecule has 0 saturated carbocycles. The maximum absolute atomic E-state index is 12.6. The number of ether oxygens (including phenoxy) is 1. The third-order valence-electron chi connectivity index (χ3n) is 5.35. The van der Waals surface area contributed by atoms with Crippen LogP contribution >= 0.6 is 23.8 Å². The zero-order valence-electron chi connectivity index (χ0n) is 18.7. The summed E-state index contributed by atoms with van der Waals surface area (Å²) < 4.78 is 4.96. The van der Waals surface area contributed by atoms with Crippen LogP contribution in [0.2, 0.25) is 5.02 Å². The van der Waals surface area contributed by atoms with Crippen molar-refractivity contribution in [1.29, 1.82) is 0 Å². The fourth-order valence-corrected chi connectivity index (χ4v) is 3.98. The molecule has 0 radical (unpaired) electrons. The van der Waals surface area contributed by atoms with Crippen molar-refractivity contribution in [1.82, 2.24) is 10.2 Å². The molecule has 1 saturated heterocycles. The maximum atomic E-state index is 12.6. The van der Waals surface area contributed by atoms with Gasteiger partial charge in [0.2, 0.25) is 5.91 Å². The Morgan fingerprint density at radius 2 is 1.88 bits per heavy atom. The van der Waals surface area contributed by atoms with E-state index in [4.69, 9.17) is 28.6 Å². The Kier molecular flexibility index (Phi) is 8.24. The Hall–Kier alpha value is -3.44. The first-order valence-electron chi connectivity index (χ1n) is 10.5. The molecular weight excluding hydrogens is 482 g/mol. The van der Waals surface area contributed by atoms with Crippen molar-refractivity contribution in [3.05, 3.63) is 57.1 Å². The van der Waals surface area contributed by atoms with Crippen LogP contribution in [-0.2, 0) is 4.79 Å². The SMILES string of the molecule is CCC(=O)N1CCN(c2ccc(Cl)cc2NC(=S)NC(=O)c2ccc(OC)c([N+](=O)[O-])c2)CC1. The number of nitrogens with zero attached hydrogens (tertiary/aromatic N) is 3. The maximum Gasteiger partial charge on any atom is 0.311 e. The van der Waals surface area contributed by atoms with Gasteiger partial charge in [-0.05, 0) is 42.5 Å². The van der Waals surface area contributed by atoms with Crippen LogP contribution in [0.4, 0.5) is 17.1 Å². The minimum Gasteiger partial charge on any atom is -0.490 e. The molecule has 180 valence electrons. The topological polar surface area (TPSA) is 117 Å². The third-order valence-corrected chi connectivity index (χ3v) is 5.79. The minimum atomic E-state index is -0.627. The van der Waals surface area contributed by atoms with Crippen molar-refractivity contribution in [3.8, 4) is 5.75 Å². The van der Waals surface area contributed by atoms with Crippen molar-refractivity contribution in [2.75, 3.05) is 43.5 Å². The van der Waals surface area contributed by atoms with Crippen LogP contribution in [0.25, 0.3) is 0 Å². The summed E-state index contributed by atoms with van der Waals surface area (Å²) in [4.78, 5) is 39.1. The first-order valence-corrected chi connectivity index (χ1v) is 11.3. The van der Waals surface area contributed by atoms with Crippen LogP contribution in [0.1, 0.15) is 23.7 Å². The molecule has 34 heavy (non-hydrogen) atoms. The highest BCUT2D eigenvalue weighted by Gasteiger charge is 2.23. The first kappa shape index (κ1) is 25.2. The van der Waals surface area contributed by atoms with E-state index in [0.29, 0.717) is 43.3 Å². The van der Waals surface area contributed by atoms with Crippen LogP contribution < -0.4 is 20.3 Å². The monoisotopic (exact) mass is 505 g/mol. The Labute approximate surface area is 207 Å². The van der Waals surface area contributed by atoms with Crippen molar-refractivity contribution in [2.24, 2.45) is 0 Å². The molecule has 0 aromatic heterocycles. The Morgan fingerprint density at radius 1 is 1.18 bits per heavy atom. The van der Waals surface area contributed by atoms with Crippen LogP contribution in [0, 0.1) is 10.1 Å². The van der Waals surface area contributed by atoms with Gasteiger partial charge in [0.1, 0.15) is 0 Å². The summed E-state index contributed by atoms with van der Waals surface area (Å²) in [7, 11) is 1.31. The van der Waals surface area contributed by atoms with E-state index in [-0.39, 0.29) is 28.0 Å². The van der Waals surface area contributed by atoms with Crippen LogP contribution in [0.15, 0.2) is 36.4 Å². The standard InChI is InChI=1S/C22H24ClN5O5S/c1-3-20(29)27-10-8-26(9-11-27)17-6-5-15(23)13-16(17)24-22(34)25-21(30)14-4-7-19(33-2)18(12-14)28(31)32/h4-7,12-13H,3,8-11H2,1-2H3,(H2,24,25,30,34). The number of piperazine rings is 1. The van der Waals surface area contributed by atoms with Gasteiger partial charge in [0.05, 0.1) is 23.4 Å². The molecule has 2 aromatic carbocycles. The number of benzene rings is 2. The number of thiocarbonyl (C=S) groups is 1. The van der Waals surface area contributed by atoms with E-state index in [1.54, 1.807) is 12.1 Å². The number of carbonyl (C=O) groups excluding carboxylic acids is 2. The number of hydrogen-bond donors (Lipinski definition) is 2. The summed E-state index contributed by atoms with van der Waals surface area (Å²) in [5, 5.41) is 17.2. The highest BCUT2D eigenvalue weighted by molar-refractivity contribution is 7.80. The van der Waals surface area contributed by atoms with Gasteiger partial charge >= 0.3 is 5.69 Å². The number of nitro benzene ring substituents is 1. The molecule has 1 aliphatic rings. The fourth-order valence-electron chi connectivity index (χ4n) is 3.61. The molecule has 2 aromatic rings. The van der Waals surface area contributed by atoms with Gasteiger partial charge in [-0.25, -0.2) is 0 Å². The van der Waals surface area contributed by atoms with Crippen LogP contribution in [-0.4, -0.2) is 60.0 Å². The van der Waals surface area contributed by atoms with E-state index in [2.05, 4.69) is 15.5 Å². The Balaban J connectivity index is 1.71. The number of amides is 2. The molecule has 10 nitrogen and oxygen atoms in total. The van der Waals surface area contributed by atoms with Gasteiger partial charge in [-0.3, -0.25) is 25.0 Å². The van der Waals surface area contributed by atoms with Crippen LogP contribution in [0.5, 0.6) is 5.75 Å². The summed E-state index contributed by atoms with van der Waals surface area (Å²) in [5.74, 6) is -0.443. The number of rotatable bonds is 6. The average Bonchev–Trinajstić information content (AvgIpc) is 2.83. The number of nitrogens with one attached hydrogen (secondary N) is 2. The smallest absolute Gasteiger partial charge is 0.311 e. The largest absolute Gasteiger partial charge is 0.490 e. The van der Waals surface area contributed by atoms with E-state index >= 15 is 0 Å². The first-order chi connectivity index (χ1) is 16.2. The molecule has 0 unspecified atom stereocenters. The molecule has 1 aliphatic heterocycles. The number of halogens is 1. The molecule has 12 heteroatoms. The number of hydrogen-bond acceptors (Lipinski definition) is 7. The van der Waals surface area contributed by atoms with Gasteiger partial charge in [0.25, 0.3) is 5.91 Å². The van der Waals surface area contributed by atoms with Crippen molar-refractivity contribution in [2.45, 2.75) is 13.3 Å². The van der Waals surface area contributed by atoms with E-state index in [1.165, 1.54) is 19.2 Å². The third kappa shape index (κ3) is 5.91. The molecule has 2 amide bonds. The molecule has 2 N–H and O–H groups in total. The van der Waals surface area contributed by atoms with E-state index < -0.39 is 10.8 Å². The number of methoxy groups -OCH3 is 1. The average molecular weight is 506 g/mol. The predicted molar refractivity (Wildman–Crippen MR) is 134 cm³/mol. The molecular formula is C22H24ClN5O5S. The van der Waals surface area contributed by atoms with E-state index in [9.17, 15) is 19.7 Å². The highest BCUT2D eigenvalue weighted by Crippen LogP contribution is 2.30. The van der Waals surface area contributed by atoms with E-state index in [0.717, 1.165) is 11.8 Å². The normalized spacial score (nSPS) is 13.3. The minimum absolute atomic E-state index is 0.00628. The summed E-state index contributed by atoms with van der Waals surface area (Å²) >= 11 is 11.5. The summed E-state index contributed by atoms with van der Waals surface area (Å²) in [6, 6.07) is 9.17. The van der Waals surface area contributed by atoms with Gasteiger partial charge < -0.3 is 19.9 Å². The zero-order chi connectivity index (χ0) is 24.8. The molecule has 1 heterocycles. The lowest BCUT2D eigenvalue weighted by Crippen LogP contribution is -2.48. The second-order valence-electron chi connectivity index (χ2n) is 7.43. The van der Waals surface area contributed by atoms with Gasteiger partial charge in [-0.2, -0.15) is 0 Å². The highest BCUT2D eigenvalue weighted by atomic mass is 35.5. The van der Waals surface area contributed by atoms with Gasteiger partial charge in [0, 0.05) is 49.3 Å². The lowest BCUT2D eigenvalue weighted by atomic mass is 10.1. The van der Waals surface area contributed by atoms with Gasteiger partial charge in [0.15, 0.2) is 10.9 Å². The molecule has 0 bridgehead atoms. The quantitative estimate of drug-likeness (QED) is 0.348. The van der Waals surface area contributed by atoms with Gasteiger partial charge in [-0.1, -0.05) is 18.5 Å². The van der Waals surface area contributed by atoms with Gasteiger partial charge in [-0.15, -0.1) is 0 Å². The second-order valence-corrected chi connectivity index (χ2v) is 8.28. The summed E-state index contributed by atoms with van der Waals surface area (Å²) in [5.41, 5.74) is 1.14. The van der Waals surface area contributed by atoms with Crippen molar-refractivity contribution < 1.29 is 19.2 Å². The molecule has 0 atom stereocenters. The number of carbonyl (C=O) groups is 2. The predicted octanol–water partition coefficient (Wildman–Crippen LogP) is 3.44. The van der Waals surface area contributed by atoms with Crippen molar-refractivity contribution >= 4 is 57.8 Å². The second kappa shape index (κ2) is 11.1. The molecule has 1 fully saturated rings. The molecule has 0 aliphatic carbocycles. The summed E-state index contributed by atoms with van der Waals surface area (Å²) in [6.45, 7) is 4.32. The van der Waals surface area contributed by atoms with Crippen molar-refractivity contribution in [3.63, 3.8) is 0 Å². The van der Waals surface area contributed by atoms with Crippen LogP contribution in [0.3, 0.4) is 0 Å². The number of nitro groups is 1. The Bertz CT molecular complexity index is 1120. The van der Waals surface area contributed by atoms with E-state index in [1.807, 2.05) is 17.9 Å². The summed E-state index contributed by atoms with van der Waals surface area (Å²) in [6.07, 6.45) is 0.471. The molecule has 3 rings (SSSR count). The zero-order valence-corrected chi connectivity index (χ0v) is 20.2. The number of anilines is 2. The molecule has 0 spiro atoms. The lowest BCUT2D eigenvalue weighted by Gasteiger charge is -2.37.